The molecule has 0 unspecified atom stereocenters. The van der Waals surface area contributed by atoms with Crippen molar-refractivity contribution in [1.82, 2.24) is 0 Å². The van der Waals surface area contributed by atoms with E-state index in [1.165, 1.54) is 11.0 Å². The molecule has 108 valence electrons. The number of hydrogen-bond acceptors (Lipinski definition) is 1. The summed E-state index contributed by atoms with van der Waals surface area (Å²) >= 11 is 0. The average Bonchev–Trinajstić information content (AvgIpc) is 2.23. The minimum absolute atomic E-state index is 0.904. The summed E-state index contributed by atoms with van der Waals surface area (Å²) in [7, 11) is 3.58. The molecule has 1 aromatic rings. The third kappa shape index (κ3) is 4.73. The first-order valence-electron chi connectivity index (χ1n) is 7.00. The Kier molecular flexibility index (Phi) is 5.45. The summed E-state index contributed by atoms with van der Waals surface area (Å²) in [6.07, 6.45) is 0. The van der Waals surface area contributed by atoms with Crippen molar-refractivity contribution >= 4 is 35.7 Å². The summed E-state index contributed by atoms with van der Waals surface area (Å²) in [5, 5.41) is 1.50. The van der Waals surface area contributed by atoms with E-state index >= 15 is 0 Å². The second kappa shape index (κ2) is 6.11. The third-order valence-corrected chi connectivity index (χ3v) is 18.1. The van der Waals surface area contributed by atoms with Crippen molar-refractivity contribution in [1.29, 1.82) is 0 Å². The molecule has 0 aliphatic heterocycles. The van der Waals surface area contributed by atoms with Gasteiger partial charge in [-0.25, -0.2) is 0 Å². The van der Waals surface area contributed by atoms with Crippen molar-refractivity contribution < 1.29 is 0 Å². The topological polar surface area (TPSA) is 3.24 Å². The number of rotatable bonds is 5. The van der Waals surface area contributed by atoms with Crippen LogP contribution in [0.1, 0.15) is 0 Å². The van der Waals surface area contributed by atoms with Crippen LogP contribution in [0, 0.1) is 0 Å². The molecule has 0 spiro atoms. The van der Waals surface area contributed by atoms with Gasteiger partial charge in [-0.15, -0.1) is 0 Å². The zero-order valence-electron chi connectivity index (χ0n) is 13.8. The highest BCUT2D eigenvalue weighted by Gasteiger charge is 2.29. The Balaban J connectivity index is 3.11. The molecule has 1 nitrogen and oxygen atoms in total. The summed E-state index contributed by atoms with van der Waals surface area (Å²) in [5.41, 5.74) is 1.38. The number of anilines is 1. The number of para-hydroxylation sites is 1. The smallest absolute Gasteiger partial charge is 0.0169 e. The molecule has 0 aromatic heterocycles. The lowest BCUT2D eigenvalue weighted by Gasteiger charge is -2.49. The molecule has 0 saturated heterocycles. The van der Waals surface area contributed by atoms with Gasteiger partial charge < -0.3 is 13.5 Å². The molecular formula is C15H29NPSi2-. The van der Waals surface area contributed by atoms with Crippen molar-refractivity contribution in [2.24, 2.45) is 0 Å². The summed E-state index contributed by atoms with van der Waals surface area (Å²) < 4.78 is 0. The highest BCUT2D eigenvalue weighted by molar-refractivity contribution is 7.56. The van der Waals surface area contributed by atoms with Crippen molar-refractivity contribution in [3.8, 4) is 0 Å². The van der Waals surface area contributed by atoms with Crippen LogP contribution in [0.5, 0.6) is 0 Å². The van der Waals surface area contributed by atoms with Gasteiger partial charge in [-0.1, -0.05) is 57.5 Å². The van der Waals surface area contributed by atoms with E-state index in [2.05, 4.69) is 82.5 Å². The Labute approximate surface area is 123 Å². The molecule has 1 aromatic carbocycles. The van der Waals surface area contributed by atoms with E-state index in [-0.39, 0.29) is 0 Å². The number of benzene rings is 1. The van der Waals surface area contributed by atoms with Crippen LogP contribution in [-0.2, 0) is 0 Å². The summed E-state index contributed by atoms with van der Waals surface area (Å²) in [5.74, 6) is 0. The summed E-state index contributed by atoms with van der Waals surface area (Å²) in [6, 6.07) is 8.88. The van der Waals surface area contributed by atoms with Crippen LogP contribution in [0.3, 0.4) is 0 Å². The molecule has 0 N–H and O–H groups in total. The van der Waals surface area contributed by atoms with E-state index in [9.17, 15) is 0 Å². The molecule has 0 bridgehead atoms. The summed E-state index contributed by atoms with van der Waals surface area (Å²) in [6.45, 7) is 15.2. The monoisotopic (exact) mass is 310 g/mol. The molecule has 0 amide bonds. The van der Waals surface area contributed by atoms with Gasteiger partial charge >= 0.3 is 0 Å². The molecule has 0 fully saturated rings. The van der Waals surface area contributed by atoms with Crippen LogP contribution in [-0.4, -0.2) is 35.1 Å². The number of nitrogens with zero attached hydrogens (tertiary/aromatic N) is 1. The molecule has 4 heteroatoms. The minimum atomic E-state index is -1.13. The highest BCUT2D eigenvalue weighted by Crippen LogP contribution is 2.36. The first-order chi connectivity index (χ1) is 8.53. The Hall–Kier alpha value is -0.116. The van der Waals surface area contributed by atoms with E-state index in [0.29, 0.717) is 0 Å². The lowest BCUT2D eigenvalue weighted by Crippen LogP contribution is -2.51. The molecule has 0 heterocycles. The van der Waals surface area contributed by atoms with Gasteiger partial charge in [0.25, 0.3) is 0 Å². The molecule has 0 saturated carbocycles. The Morgan fingerprint density at radius 1 is 0.895 bits per heavy atom. The third-order valence-electron chi connectivity index (χ3n) is 3.27. The highest BCUT2D eigenvalue weighted by atomic mass is 31.1. The standard InChI is InChI=1S/C15H29NPSi2/c1-16(2)13-11-9-10-12-14(13)17-15(18(3,4)5)19(6,7)8/h9-12,15H,1-8H3/q-1. The van der Waals surface area contributed by atoms with E-state index in [4.69, 9.17) is 0 Å². The van der Waals surface area contributed by atoms with Gasteiger partial charge in [0.1, 0.15) is 0 Å². The molecule has 1 rings (SSSR count). The number of hydrogen-bond donors (Lipinski definition) is 0. The van der Waals surface area contributed by atoms with Crippen molar-refractivity contribution in [3.05, 3.63) is 24.3 Å². The Bertz CT molecular complexity index is 405. The average molecular weight is 311 g/mol. The van der Waals surface area contributed by atoms with Gasteiger partial charge in [0, 0.05) is 35.9 Å². The van der Waals surface area contributed by atoms with Gasteiger partial charge in [-0.05, 0) is 6.07 Å². The van der Waals surface area contributed by atoms with Gasteiger partial charge in [0.15, 0.2) is 0 Å². The quantitative estimate of drug-likeness (QED) is 0.574. The van der Waals surface area contributed by atoms with Crippen LogP contribution in [0.2, 0.25) is 39.3 Å². The molecule has 0 atom stereocenters. The summed E-state index contributed by atoms with van der Waals surface area (Å²) in [4.78, 5) is 3.15. The van der Waals surface area contributed by atoms with E-state index in [0.717, 1.165) is 4.91 Å². The fourth-order valence-electron chi connectivity index (χ4n) is 2.78. The second-order valence-electron chi connectivity index (χ2n) is 7.65. The Morgan fingerprint density at radius 2 is 1.37 bits per heavy atom. The first kappa shape index (κ1) is 16.9. The maximum atomic E-state index is 2.53. The first-order valence-corrected chi connectivity index (χ1v) is 15.1. The second-order valence-corrected chi connectivity index (χ2v) is 21.1. The van der Waals surface area contributed by atoms with E-state index < -0.39 is 16.1 Å². The largest absolute Gasteiger partial charge is 0.506 e. The molecular weight excluding hydrogens is 281 g/mol. The van der Waals surface area contributed by atoms with Gasteiger partial charge in [0.05, 0.1) is 0 Å². The van der Waals surface area contributed by atoms with Crippen molar-refractivity contribution in [2.75, 3.05) is 19.0 Å². The zero-order chi connectivity index (χ0) is 14.8. The maximum Gasteiger partial charge on any atom is 0.0169 e. The predicted octanol–water partition coefficient (Wildman–Crippen LogP) is 4.45. The van der Waals surface area contributed by atoms with Crippen LogP contribution >= 0.6 is 8.58 Å². The van der Waals surface area contributed by atoms with Gasteiger partial charge in [0.2, 0.25) is 0 Å². The fourth-order valence-corrected chi connectivity index (χ4v) is 18.0. The maximum absolute atomic E-state index is 2.53. The predicted molar refractivity (Wildman–Crippen MR) is 97.8 cm³/mol. The molecule has 0 aliphatic carbocycles. The lowest BCUT2D eigenvalue weighted by atomic mass is 10.3. The van der Waals surface area contributed by atoms with Crippen LogP contribution in [0.25, 0.3) is 0 Å². The van der Waals surface area contributed by atoms with Gasteiger partial charge in [-0.3, -0.25) is 0 Å². The zero-order valence-corrected chi connectivity index (χ0v) is 16.7. The van der Waals surface area contributed by atoms with Crippen molar-refractivity contribution in [2.45, 2.75) is 44.2 Å². The van der Waals surface area contributed by atoms with Crippen molar-refractivity contribution in [3.63, 3.8) is 0 Å². The molecule has 19 heavy (non-hydrogen) atoms. The van der Waals surface area contributed by atoms with Gasteiger partial charge in [-0.2, -0.15) is 10.2 Å². The lowest BCUT2D eigenvalue weighted by molar-refractivity contribution is 1.14. The van der Waals surface area contributed by atoms with E-state index in [1.807, 2.05) is 0 Å². The normalized spacial score (nSPS) is 13.5. The van der Waals surface area contributed by atoms with Crippen LogP contribution in [0.15, 0.2) is 24.3 Å². The SMILES string of the molecule is CN(C)c1ccccc1[P-]C([Si](C)(C)C)[Si](C)(C)C. The fraction of sp³-hybridized carbons (Fsp3) is 0.600. The van der Waals surface area contributed by atoms with Crippen LogP contribution < -0.4 is 10.2 Å². The Morgan fingerprint density at radius 3 is 1.79 bits per heavy atom. The minimum Gasteiger partial charge on any atom is -0.506 e. The molecule has 0 aliphatic rings. The molecule has 0 radical (unpaired) electrons. The van der Waals surface area contributed by atoms with Crippen LogP contribution in [0.4, 0.5) is 5.69 Å². The van der Waals surface area contributed by atoms with E-state index in [1.54, 1.807) is 8.58 Å².